The molecule has 0 radical (unpaired) electrons. The summed E-state index contributed by atoms with van der Waals surface area (Å²) in [7, 11) is -2.47. The zero-order chi connectivity index (χ0) is 24.3. The van der Waals surface area contributed by atoms with Gasteiger partial charge in [0.25, 0.3) is 8.32 Å². The number of carbonyl (C=O) groups is 2. The summed E-state index contributed by atoms with van der Waals surface area (Å²) in [6.07, 6.45) is 3.48. The largest absolute Gasteiger partial charge is 0.444 e. The molecule has 1 heterocycles. The van der Waals surface area contributed by atoms with Crippen molar-refractivity contribution >= 4 is 19.8 Å². The fourth-order valence-electron chi connectivity index (χ4n) is 3.69. The molecular weight excluding hydrogens is 410 g/mol. The highest BCUT2D eigenvalue weighted by atomic mass is 28.4. The van der Waals surface area contributed by atoms with E-state index < -0.39 is 19.6 Å². The normalized spacial score (nSPS) is 20.5. The third kappa shape index (κ3) is 9.06. The highest BCUT2D eigenvalue weighted by molar-refractivity contribution is 6.99. The maximum atomic E-state index is 12.9. The molecule has 0 bridgehead atoms. The molecule has 1 rings (SSSR count). The lowest BCUT2D eigenvalue weighted by atomic mass is 9.93. The van der Waals surface area contributed by atoms with Crippen LogP contribution in [-0.4, -0.2) is 55.3 Å². The van der Waals surface area contributed by atoms with Crippen molar-refractivity contribution in [2.75, 3.05) is 13.2 Å². The van der Waals surface area contributed by atoms with Crippen LogP contribution in [0.4, 0.5) is 4.79 Å². The monoisotopic (exact) mass is 455 g/mol. The minimum atomic E-state index is -2.47. The zero-order valence-corrected chi connectivity index (χ0v) is 22.5. The number of rotatable bonds is 9. The average molecular weight is 456 g/mol. The van der Waals surface area contributed by atoms with Gasteiger partial charge >= 0.3 is 6.09 Å². The van der Waals surface area contributed by atoms with Gasteiger partial charge in [-0.05, 0) is 71.9 Å². The Bertz CT molecular complexity index is 645. The fraction of sp³-hybridized carbons (Fsp3) is 0.833. The molecule has 1 aliphatic heterocycles. The van der Waals surface area contributed by atoms with Crippen LogP contribution in [0.25, 0.3) is 0 Å². The van der Waals surface area contributed by atoms with Crippen molar-refractivity contribution in [2.45, 2.75) is 105 Å². The van der Waals surface area contributed by atoms with E-state index in [1.807, 2.05) is 53.8 Å². The van der Waals surface area contributed by atoms with Crippen LogP contribution >= 0.6 is 0 Å². The van der Waals surface area contributed by atoms with E-state index in [-0.39, 0.29) is 28.9 Å². The number of hydrogen-bond acceptors (Lipinski definition) is 5. The van der Waals surface area contributed by atoms with Crippen LogP contribution in [0.1, 0.15) is 74.7 Å². The summed E-state index contributed by atoms with van der Waals surface area (Å²) in [6.45, 7) is 24.3. The summed E-state index contributed by atoms with van der Waals surface area (Å²) in [5.74, 6) is 0.138. The predicted octanol–water partition coefficient (Wildman–Crippen LogP) is 5.71. The molecule has 1 saturated heterocycles. The number of hydrogen-bond donors (Lipinski definition) is 0. The van der Waals surface area contributed by atoms with Crippen LogP contribution in [0.5, 0.6) is 0 Å². The zero-order valence-electron chi connectivity index (χ0n) is 21.5. The average Bonchev–Trinajstić information content (AvgIpc) is 2.84. The van der Waals surface area contributed by atoms with Crippen LogP contribution in [0.3, 0.4) is 0 Å². The second-order valence-electron chi connectivity index (χ2n) is 11.9. The van der Waals surface area contributed by atoms with E-state index in [1.54, 1.807) is 4.90 Å². The van der Waals surface area contributed by atoms with Gasteiger partial charge in [0.1, 0.15) is 16.7 Å². The molecule has 0 N–H and O–H groups in total. The maximum absolute atomic E-state index is 12.9. The minimum Gasteiger partial charge on any atom is -0.444 e. The van der Waals surface area contributed by atoms with Crippen molar-refractivity contribution in [1.82, 2.24) is 4.90 Å². The molecule has 31 heavy (non-hydrogen) atoms. The first-order chi connectivity index (χ1) is 13.9. The summed E-state index contributed by atoms with van der Waals surface area (Å²) in [4.78, 5) is 27.4. The highest BCUT2D eigenvalue weighted by Crippen LogP contribution is 2.33. The maximum Gasteiger partial charge on any atom is 0.412 e. The molecular formula is C24H45NO5Si. The summed E-state index contributed by atoms with van der Waals surface area (Å²) in [6, 6.07) is -0.117. The standard InChI is InChI=1S/C24H45NO5Si/c1-12-13-18(16-29-31(10,11)20(26)15-22(2,3)4)14-19-17-28-24(8,9)25(19)21(27)30-23(5,6)7/h12,18-19H,1,13-17H2,2-11H3/t18-,19?/m1/s1. The molecule has 180 valence electrons. The van der Waals surface area contributed by atoms with Gasteiger partial charge in [0.2, 0.25) is 0 Å². The van der Waals surface area contributed by atoms with Crippen molar-refractivity contribution in [3.63, 3.8) is 0 Å². The van der Waals surface area contributed by atoms with Crippen molar-refractivity contribution in [1.29, 1.82) is 0 Å². The second kappa shape index (κ2) is 10.2. The van der Waals surface area contributed by atoms with Gasteiger partial charge in [-0.25, -0.2) is 4.79 Å². The molecule has 1 aliphatic rings. The molecule has 0 aromatic rings. The Morgan fingerprint density at radius 2 is 1.81 bits per heavy atom. The number of amides is 1. The van der Waals surface area contributed by atoms with E-state index in [1.165, 1.54) is 0 Å². The molecule has 2 atom stereocenters. The van der Waals surface area contributed by atoms with E-state index >= 15 is 0 Å². The third-order valence-corrected chi connectivity index (χ3v) is 7.72. The molecule has 0 saturated carbocycles. The molecule has 1 fully saturated rings. The van der Waals surface area contributed by atoms with Gasteiger partial charge in [0.05, 0.1) is 12.6 Å². The number of ether oxygens (including phenoxy) is 2. The van der Waals surface area contributed by atoms with Crippen LogP contribution < -0.4 is 0 Å². The summed E-state index contributed by atoms with van der Waals surface area (Å²) in [5.41, 5.74) is -1.36. The van der Waals surface area contributed by atoms with Gasteiger partial charge in [-0.15, -0.1) is 6.58 Å². The molecule has 7 heteroatoms. The Labute approximate surface area is 190 Å². The Balaban J connectivity index is 2.88. The van der Waals surface area contributed by atoms with Crippen LogP contribution in [0, 0.1) is 11.3 Å². The number of nitrogens with zero attached hydrogens (tertiary/aromatic N) is 1. The SMILES string of the molecule is C=CC[C@@H](CO[Si](C)(C)C(=O)CC(C)(C)C)CC1COC(C)(C)N1C(=O)OC(C)(C)C. The van der Waals surface area contributed by atoms with Gasteiger partial charge in [-0.3, -0.25) is 4.90 Å². The van der Waals surface area contributed by atoms with Crippen molar-refractivity contribution < 1.29 is 23.5 Å². The van der Waals surface area contributed by atoms with E-state index in [2.05, 4.69) is 27.4 Å². The summed E-state index contributed by atoms with van der Waals surface area (Å²) in [5, 5.41) is 0.234. The fourth-order valence-corrected chi connectivity index (χ4v) is 5.46. The number of carbonyl (C=O) groups excluding carboxylic acids is 2. The second-order valence-corrected chi connectivity index (χ2v) is 15.7. The van der Waals surface area contributed by atoms with Crippen LogP contribution in [0.15, 0.2) is 12.7 Å². The van der Waals surface area contributed by atoms with Crippen molar-refractivity contribution in [2.24, 2.45) is 11.3 Å². The van der Waals surface area contributed by atoms with Gasteiger partial charge in [-0.1, -0.05) is 26.8 Å². The Hall–Kier alpha value is -1.18. The molecule has 0 spiro atoms. The van der Waals surface area contributed by atoms with E-state index in [0.29, 0.717) is 26.1 Å². The topological polar surface area (TPSA) is 65.1 Å². The van der Waals surface area contributed by atoms with Gasteiger partial charge in [0.15, 0.2) is 0 Å². The van der Waals surface area contributed by atoms with Gasteiger partial charge in [-0.2, -0.15) is 0 Å². The Morgan fingerprint density at radius 1 is 1.23 bits per heavy atom. The van der Waals surface area contributed by atoms with Gasteiger partial charge in [0, 0.05) is 13.0 Å². The quantitative estimate of drug-likeness (QED) is 0.329. The van der Waals surface area contributed by atoms with Crippen LogP contribution in [-0.2, 0) is 18.7 Å². The Morgan fingerprint density at radius 3 is 2.29 bits per heavy atom. The molecule has 0 aliphatic carbocycles. The molecule has 1 amide bonds. The van der Waals surface area contributed by atoms with Crippen LogP contribution in [0.2, 0.25) is 13.1 Å². The van der Waals surface area contributed by atoms with E-state index in [4.69, 9.17) is 13.9 Å². The first-order valence-electron chi connectivity index (χ1n) is 11.3. The number of allylic oxidation sites excluding steroid dienone is 1. The minimum absolute atomic E-state index is 0.0497. The summed E-state index contributed by atoms with van der Waals surface area (Å²) < 4.78 is 17.8. The summed E-state index contributed by atoms with van der Waals surface area (Å²) >= 11 is 0. The first kappa shape index (κ1) is 27.9. The van der Waals surface area contributed by atoms with Crippen molar-refractivity contribution in [3.8, 4) is 0 Å². The smallest absolute Gasteiger partial charge is 0.412 e. The Kier molecular flexibility index (Phi) is 9.14. The third-order valence-electron chi connectivity index (χ3n) is 5.31. The van der Waals surface area contributed by atoms with E-state index in [9.17, 15) is 9.59 Å². The van der Waals surface area contributed by atoms with E-state index in [0.717, 1.165) is 6.42 Å². The lowest BCUT2D eigenvalue weighted by Crippen LogP contribution is -2.50. The van der Waals surface area contributed by atoms with Crippen molar-refractivity contribution in [3.05, 3.63) is 12.7 Å². The molecule has 0 aromatic heterocycles. The highest BCUT2D eigenvalue weighted by Gasteiger charge is 2.46. The molecule has 0 aromatic carbocycles. The molecule has 1 unspecified atom stereocenters. The molecule has 6 nitrogen and oxygen atoms in total. The van der Waals surface area contributed by atoms with Gasteiger partial charge < -0.3 is 18.7 Å². The predicted molar refractivity (Wildman–Crippen MR) is 127 cm³/mol. The lowest BCUT2D eigenvalue weighted by molar-refractivity contribution is -0.115. The lowest BCUT2D eigenvalue weighted by Gasteiger charge is -2.36. The first-order valence-corrected chi connectivity index (χ1v) is 14.2.